The molecule has 2 heterocycles. The third-order valence-electron chi connectivity index (χ3n) is 3.94. The SMILES string of the molecule is O=C([O-])c1ccc[n+](Cc2ccc(C[n+]3cccc(C(=O)[O-])c3)cc2)c1. The Balaban J connectivity index is 1.71. The van der Waals surface area contributed by atoms with Crippen molar-refractivity contribution in [1.82, 2.24) is 0 Å². The van der Waals surface area contributed by atoms with Gasteiger partial charge in [0.05, 0.1) is 23.1 Å². The van der Waals surface area contributed by atoms with E-state index in [1.165, 1.54) is 24.5 Å². The number of carboxylic acids is 2. The third-order valence-corrected chi connectivity index (χ3v) is 3.94. The topological polar surface area (TPSA) is 88.0 Å². The van der Waals surface area contributed by atoms with Crippen LogP contribution in [0.5, 0.6) is 0 Å². The summed E-state index contributed by atoms with van der Waals surface area (Å²) in [4.78, 5) is 21.8. The highest BCUT2D eigenvalue weighted by atomic mass is 16.4. The second-order valence-electron chi connectivity index (χ2n) is 5.92. The molecule has 0 saturated heterocycles. The minimum atomic E-state index is -1.20. The van der Waals surface area contributed by atoms with Crippen molar-refractivity contribution < 1.29 is 28.9 Å². The molecule has 0 unspecified atom stereocenters. The van der Waals surface area contributed by atoms with Gasteiger partial charge in [0.2, 0.25) is 0 Å². The summed E-state index contributed by atoms with van der Waals surface area (Å²) in [6.45, 7) is 1.07. The maximum atomic E-state index is 10.9. The Morgan fingerprint density at radius 1 is 0.692 bits per heavy atom. The summed E-state index contributed by atoms with van der Waals surface area (Å²) in [5.74, 6) is -2.41. The van der Waals surface area contributed by atoms with Gasteiger partial charge in [0.1, 0.15) is 0 Å². The fraction of sp³-hybridized carbons (Fsp3) is 0.100. The summed E-state index contributed by atoms with van der Waals surface area (Å²) < 4.78 is 3.55. The molecule has 26 heavy (non-hydrogen) atoms. The van der Waals surface area contributed by atoms with Crippen LogP contribution in [0.15, 0.2) is 73.3 Å². The van der Waals surface area contributed by atoms with Crippen LogP contribution in [0.25, 0.3) is 0 Å². The molecular weight excluding hydrogens is 332 g/mol. The average Bonchev–Trinajstić information content (AvgIpc) is 2.64. The Labute approximate surface area is 150 Å². The third kappa shape index (κ3) is 4.30. The van der Waals surface area contributed by atoms with Crippen molar-refractivity contribution in [2.45, 2.75) is 13.1 Å². The van der Waals surface area contributed by atoms with Crippen molar-refractivity contribution in [2.24, 2.45) is 0 Å². The molecule has 3 aromatic rings. The number of rotatable bonds is 6. The van der Waals surface area contributed by atoms with E-state index in [1.807, 2.05) is 24.3 Å². The highest BCUT2D eigenvalue weighted by Gasteiger charge is 2.08. The van der Waals surface area contributed by atoms with E-state index >= 15 is 0 Å². The molecule has 2 aromatic heterocycles. The van der Waals surface area contributed by atoms with Gasteiger partial charge in [-0.2, -0.15) is 0 Å². The molecule has 0 amide bonds. The fourth-order valence-corrected chi connectivity index (χ4v) is 2.65. The monoisotopic (exact) mass is 348 g/mol. The van der Waals surface area contributed by atoms with Gasteiger partial charge in [-0.1, -0.05) is 24.3 Å². The van der Waals surface area contributed by atoms with Gasteiger partial charge in [0.25, 0.3) is 0 Å². The van der Waals surface area contributed by atoms with Gasteiger partial charge in [-0.15, -0.1) is 0 Å². The summed E-state index contributed by atoms with van der Waals surface area (Å²) >= 11 is 0. The number of hydrogen-bond donors (Lipinski definition) is 0. The Morgan fingerprint density at radius 3 is 1.42 bits per heavy atom. The first-order valence-corrected chi connectivity index (χ1v) is 8.00. The zero-order valence-electron chi connectivity index (χ0n) is 13.9. The first-order chi connectivity index (χ1) is 12.5. The van der Waals surface area contributed by atoms with Crippen LogP contribution in [0.4, 0.5) is 0 Å². The number of hydrogen-bond acceptors (Lipinski definition) is 4. The van der Waals surface area contributed by atoms with E-state index in [9.17, 15) is 19.8 Å². The van der Waals surface area contributed by atoms with Gasteiger partial charge in [0.15, 0.2) is 37.9 Å². The highest BCUT2D eigenvalue weighted by Crippen LogP contribution is 2.05. The van der Waals surface area contributed by atoms with E-state index in [2.05, 4.69) is 0 Å². The highest BCUT2D eigenvalue weighted by molar-refractivity contribution is 5.85. The molecule has 0 radical (unpaired) electrons. The lowest BCUT2D eigenvalue weighted by atomic mass is 10.1. The van der Waals surface area contributed by atoms with Crippen LogP contribution < -0.4 is 19.3 Å². The van der Waals surface area contributed by atoms with E-state index in [-0.39, 0.29) is 11.1 Å². The molecule has 0 N–H and O–H groups in total. The van der Waals surface area contributed by atoms with Crippen LogP contribution in [0, 0.1) is 0 Å². The summed E-state index contributed by atoms with van der Waals surface area (Å²) in [6, 6.07) is 14.1. The average molecular weight is 348 g/mol. The Hall–Kier alpha value is -3.54. The van der Waals surface area contributed by atoms with Gasteiger partial charge >= 0.3 is 0 Å². The predicted molar refractivity (Wildman–Crippen MR) is 86.6 cm³/mol. The summed E-state index contributed by atoms with van der Waals surface area (Å²) in [5, 5.41) is 21.8. The van der Waals surface area contributed by atoms with E-state index in [1.54, 1.807) is 33.7 Å². The number of pyridine rings is 2. The lowest BCUT2D eigenvalue weighted by molar-refractivity contribution is -0.689. The zero-order valence-corrected chi connectivity index (χ0v) is 13.9. The standard InChI is InChI=1S/C20H16N2O4/c23-19(24)17-3-1-9-21(13-17)11-15-5-7-16(8-6-15)12-22-10-2-4-18(14-22)20(25)26/h1-10,13-14H,11-12H2. The van der Waals surface area contributed by atoms with Crippen LogP contribution in [0.3, 0.4) is 0 Å². The minimum absolute atomic E-state index is 0.133. The van der Waals surface area contributed by atoms with Crippen molar-refractivity contribution in [1.29, 1.82) is 0 Å². The van der Waals surface area contributed by atoms with Crippen molar-refractivity contribution in [3.63, 3.8) is 0 Å². The quantitative estimate of drug-likeness (QED) is 0.539. The molecule has 1 aromatic carbocycles. The lowest BCUT2D eigenvalue weighted by Crippen LogP contribution is -2.36. The van der Waals surface area contributed by atoms with Crippen LogP contribution >= 0.6 is 0 Å². The number of nitrogens with zero attached hydrogens (tertiary/aromatic N) is 2. The summed E-state index contributed by atoms with van der Waals surface area (Å²) in [7, 11) is 0. The summed E-state index contributed by atoms with van der Waals surface area (Å²) in [6.07, 6.45) is 6.65. The molecule has 6 heteroatoms. The van der Waals surface area contributed by atoms with Gasteiger partial charge in [-0.25, -0.2) is 9.13 Å². The van der Waals surface area contributed by atoms with E-state index in [4.69, 9.17) is 0 Å². The van der Waals surface area contributed by atoms with Crippen molar-refractivity contribution >= 4 is 11.9 Å². The normalized spacial score (nSPS) is 10.5. The van der Waals surface area contributed by atoms with Crippen molar-refractivity contribution in [3.8, 4) is 0 Å². The molecule has 0 atom stereocenters. The van der Waals surface area contributed by atoms with Crippen LogP contribution in [0.2, 0.25) is 0 Å². The van der Waals surface area contributed by atoms with Crippen LogP contribution in [-0.2, 0) is 13.1 Å². The second-order valence-corrected chi connectivity index (χ2v) is 5.92. The number of carbonyl (C=O) groups excluding carboxylic acids is 2. The number of carboxylic acid groups (broad SMARTS) is 2. The lowest BCUT2D eigenvalue weighted by Gasteiger charge is -2.04. The van der Waals surface area contributed by atoms with Crippen molar-refractivity contribution in [3.05, 3.63) is 95.6 Å². The Bertz CT molecular complexity index is 874. The number of aromatic carboxylic acids is 2. The van der Waals surface area contributed by atoms with Crippen LogP contribution in [-0.4, -0.2) is 11.9 Å². The molecule has 0 aliphatic carbocycles. The number of carbonyl (C=O) groups is 2. The molecule has 0 bridgehead atoms. The Morgan fingerprint density at radius 2 is 1.08 bits per heavy atom. The van der Waals surface area contributed by atoms with Crippen molar-refractivity contribution in [2.75, 3.05) is 0 Å². The predicted octanol–water partition coefficient (Wildman–Crippen LogP) is -0.915. The summed E-state index contributed by atoms with van der Waals surface area (Å²) in [5.41, 5.74) is 2.30. The molecule has 0 saturated carbocycles. The molecule has 0 spiro atoms. The molecule has 0 fully saturated rings. The van der Waals surface area contributed by atoms with E-state index < -0.39 is 11.9 Å². The van der Waals surface area contributed by atoms with Gasteiger partial charge in [-0.05, 0) is 12.1 Å². The zero-order chi connectivity index (χ0) is 18.5. The molecular formula is C20H16N2O4. The van der Waals surface area contributed by atoms with E-state index in [0.29, 0.717) is 13.1 Å². The minimum Gasteiger partial charge on any atom is -0.545 e. The fourth-order valence-electron chi connectivity index (χ4n) is 2.65. The molecule has 0 aliphatic heterocycles. The van der Waals surface area contributed by atoms with Gasteiger partial charge in [0, 0.05) is 23.3 Å². The largest absolute Gasteiger partial charge is 0.545 e. The maximum absolute atomic E-state index is 10.9. The molecule has 3 rings (SSSR count). The van der Waals surface area contributed by atoms with E-state index in [0.717, 1.165) is 11.1 Å². The number of aromatic nitrogens is 2. The maximum Gasteiger partial charge on any atom is 0.178 e. The molecule has 0 aliphatic rings. The smallest absolute Gasteiger partial charge is 0.178 e. The molecule has 130 valence electrons. The Kier molecular flexibility index (Phi) is 5.03. The first kappa shape index (κ1) is 17.3. The first-order valence-electron chi connectivity index (χ1n) is 8.00. The number of benzene rings is 1. The van der Waals surface area contributed by atoms with Crippen LogP contribution in [0.1, 0.15) is 31.8 Å². The second kappa shape index (κ2) is 7.57. The van der Waals surface area contributed by atoms with Gasteiger partial charge in [-0.3, -0.25) is 0 Å². The van der Waals surface area contributed by atoms with Gasteiger partial charge < -0.3 is 19.8 Å². The molecule has 6 nitrogen and oxygen atoms in total.